The molecule has 3 rings (SSSR count). The predicted molar refractivity (Wildman–Crippen MR) is 97.6 cm³/mol. The Bertz CT molecular complexity index is 1000. The maximum Gasteiger partial charge on any atom is 0.573 e. The lowest BCUT2D eigenvalue weighted by molar-refractivity contribution is -0.274. The molecule has 2 aromatic carbocycles. The zero-order valence-corrected chi connectivity index (χ0v) is 15.1. The van der Waals surface area contributed by atoms with Gasteiger partial charge < -0.3 is 9.64 Å². The number of amides is 1. The number of hydrogen-bond acceptors (Lipinski definition) is 4. The lowest BCUT2D eigenvalue weighted by Gasteiger charge is -2.14. The summed E-state index contributed by atoms with van der Waals surface area (Å²) in [7, 11) is 3.19. The molecule has 144 valence electrons. The van der Waals surface area contributed by atoms with Gasteiger partial charge in [0, 0.05) is 31.4 Å². The van der Waals surface area contributed by atoms with Crippen LogP contribution in [-0.2, 0) is 0 Å². The van der Waals surface area contributed by atoms with Crippen LogP contribution in [0.2, 0.25) is 0 Å². The van der Waals surface area contributed by atoms with Crippen molar-refractivity contribution in [3.05, 3.63) is 66.6 Å². The molecule has 0 aliphatic rings. The molecular weight excluding hydrogens is 371 g/mol. The molecule has 0 aliphatic carbocycles. The third-order valence-electron chi connectivity index (χ3n) is 3.84. The molecule has 0 fully saturated rings. The largest absolute Gasteiger partial charge is 0.573 e. The fourth-order valence-electron chi connectivity index (χ4n) is 2.59. The van der Waals surface area contributed by atoms with Gasteiger partial charge in [0.05, 0.1) is 5.69 Å². The van der Waals surface area contributed by atoms with E-state index in [2.05, 4.69) is 14.7 Å². The first-order valence-electron chi connectivity index (χ1n) is 8.25. The van der Waals surface area contributed by atoms with Crippen LogP contribution in [0.5, 0.6) is 5.75 Å². The molecule has 0 atom stereocenters. The van der Waals surface area contributed by atoms with Crippen LogP contribution in [0, 0.1) is 0 Å². The van der Waals surface area contributed by atoms with Crippen LogP contribution in [0.3, 0.4) is 0 Å². The second-order valence-corrected chi connectivity index (χ2v) is 6.09. The molecule has 0 spiro atoms. The lowest BCUT2D eigenvalue weighted by atomic mass is 10.0. The lowest BCUT2D eigenvalue weighted by Crippen LogP contribution is -2.24. The molecule has 0 aliphatic heterocycles. The van der Waals surface area contributed by atoms with Crippen molar-refractivity contribution in [1.29, 1.82) is 0 Å². The average Bonchev–Trinajstić information content (AvgIpc) is 2.67. The van der Waals surface area contributed by atoms with Gasteiger partial charge in [0.15, 0.2) is 0 Å². The summed E-state index contributed by atoms with van der Waals surface area (Å²) in [4.78, 5) is 21.7. The van der Waals surface area contributed by atoms with Gasteiger partial charge >= 0.3 is 6.36 Å². The summed E-state index contributed by atoms with van der Waals surface area (Å²) in [6, 6.07) is 14.3. The van der Waals surface area contributed by atoms with Crippen molar-refractivity contribution in [3.63, 3.8) is 0 Å². The summed E-state index contributed by atoms with van der Waals surface area (Å²) < 4.78 is 42.2. The fourth-order valence-corrected chi connectivity index (χ4v) is 2.59. The average molecular weight is 387 g/mol. The molecule has 0 radical (unpaired) electrons. The number of benzene rings is 2. The van der Waals surface area contributed by atoms with Crippen molar-refractivity contribution in [2.24, 2.45) is 0 Å². The van der Waals surface area contributed by atoms with E-state index in [1.54, 1.807) is 56.6 Å². The molecule has 28 heavy (non-hydrogen) atoms. The highest BCUT2D eigenvalue weighted by atomic mass is 19.4. The summed E-state index contributed by atoms with van der Waals surface area (Å²) in [6.07, 6.45) is -3.33. The van der Waals surface area contributed by atoms with E-state index in [1.807, 2.05) is 0 Å². The van der Waals surface area contributed by atoms with Crippen molar-refractivity contribution in [1.82, 2.24) is 14.9 Å². The SMILES string of the molecule is CN(C)C(=O)c1nccc(-c2cccc(-c3ccccc3OC(F)(F)F)c2)n1. The van der Waals surface area contributed by atoms with Crippen LogP contribution >= 0.6 is 0 Å². The molecule has 1 heterocycles. The molecule has 3 aromatic rings. The molecular formula is C20H16F3N3O2. The number of ether oxygens (including phenoxy) is 1. The Morgan fingerprint density at radius 3 is 2.43 bits per heavy atom. The minimum Gasteiger partial charge on any atom is -0.405 e. The Hall–Kier alpha value is -3.42. The van der Waals surface area contributed by atoms with Gasteiger partial charge in [-0.3, -0.25) is 4.79 Å². The fraction of sp³-hybridized carbons (Fsp3) is 0.150. The van der Waals surface area contributed by atoms with E-state index in [0.29, 0.717) is 22.4 Å². The Morgan fingerprint density at radius 1 is 1.00 bits per heavy atom. The van der Waals surface area contributed by atoms with E-state index in [9.17, 15) is 18.0 Å². The third kappa shape index (κ3) is 4.46. The number of para-hydroxylation sites is 1. The van der Waals surface area contributed by atoms with Crippen LogP contribution in [-0.4, -0.2) is 41.2 Å². The van der Waals surface area contributed by atoms with E-state index in [4.69, 9.17) is 0 Å². The monoisotopic (exact) mass is 387 g/mol. The molecule has 0 bridgehead atoms. The molecule has 8 heteroatoms. The zero-order chi connectivity index (χ0) is 20.3. The number of carbonyl (C=O) groups is 1. The van der Waals surface area contributed by atoms with Crippen molar-refractivity contribution < 1.29 is 22.7 Å². The number of carbonyl (C=O) groups excluding carboxylic acids is 1. The van der Waals surface area contributed by atoms with Gasteiger partial charge in [-0.15, -0.1) is 13.2 Å². The van der Waals surface area contributed by atoms with E-state index < -0.39 is 6.36 Å². The zero-order valence-electron chi connectivity index (χ0n) is 15.1. The van der Waals surface area contributed by atoms with Gasteiger partial charge in [-0.25, -0.2) is 9.97 Å². The molecule has 0 N–H and O–H groups in total. The van der Waals surface area contributed by atoms with Crippen molar-refractivity contribution in [3.8, 4) is 28.1 Å². The second kappa shape index (κ2) is 7.67. The Balaban J connectivity index is 2.01. The van der Waals surface area contributed by atoms with Crippen LogP contribution in [0.4, 0.5) is 13.2 Å². The maximum absolute atomic E-state index is 12.7. The topological polar surface area (TPSA) is 55.3 Å². The summed E-state index contributed by atoms with van der Waals surface area (Å²) in [5.41, 5.74) is 1.93. The molecule has 0 saturated heterocycles. The van der Waals surface area contributed by atoms with Gasteiger partial charge in [-0.05, 0) is 23.8 Å². The molecule has 0 unspecified atom stereocenters. The summed E-state index contributed by atoms with van der Waals surface area (Å²) in [6.45, 7) is 0. The van der Waals surface area contributed by atoms with E-state index in [-0.39, 0.29) is 17.5 Å². The Labute approximate surface area is 159 Å². The maximum atomic E-state index is 12.7. The first-order valence-corrected chi connectivity index (χ1v) is 8.25. The van der Waals surface area contributed by atoms with Gasteiger partial charge in [0.25, 0.3) is 5.91 Å². The first kappa shape index (κ1) is 19.3. The van der Waals surface area contributed by atoms with Gasteiger partial charge in [-0.1, -0.05) is 36.4 Å². The van der Waals surface area contributed by atoms with E-state index in [0.717, 1.165) is 0 Å². The smallest absolute Gasteiger partial charge is 0.405 e. The highest BCUT2D eigenvalue weighted by Gasteiger charge is 2.32. The summed E-state index contributed by atoms with van der Waals surface area (Å²) >= 11 is 0. The Morgan fingerprint density at radius 2 is 1.71 bits per heavy atom. The molecule has 0 saturated carbocycles. The molecule has 1 aromatic heterocycles. The van der Waals surface area contributed by atoms with E-state index >= 15 is 0 Å². The number of aromatic nitrogens is 2. The standard InChI is InChI=1S/C20H16F3N3O2/c1-26(2)19(27)18-24-11-10-16(25-18)14-7-5-6-13(12-14)15-8-3-4-9-17(15)28-20(21,22)23/h3-12H,1-2H3. The minimum atomic E-state index is -4.79. The van der Waals surface area contributed by atoms with Crippen LogP contribution in [0.15, 0.2) is 60.8 Å². The first-order chi connectivity index (χ1) is 13.2. The molecule has 1 amide bonds. The van der Waals surface area contributed by atoms with E-state index in [1.165, 1.54) is 23.2 Å². The number of nitrogens with zero attached hydrogens (tertiary/aromatic N) is 3. The van der Waals surface area contributed by atoms with Gasteiger partial charge in [0.1, 0.15) is 5.75 Å². The van der Waals surface area contributed by atoms with Crippen LogP contribution < -0.4 is 4.74 Å². The molecule has 5 nitrogen and oxygen atoms in total. The highest BCUT2D eigenvalue weighted by molar-refractivity contribution is 5.90. The van der Waals surface area contributed by atoms with Gasteiger partial charge in [0.2, 0.25) is 5.82 Å². The summed E-state index contributed by atoms with van der Waals surface area (Å²) in [5, 5.41) is 0. The normalized spacial score (nSPS) is 11.2. The van der Waals surface area contributed by atoms with Gasteiger partial charge in [-0.2, -0.15) is 0 Å². The van der Waals surface area contributed by atoms with Crippen molar-refractivity contribution in [2.75, 3.05) is 14.1 Å². The number of alkyl halides is 3. The summed E-state index contributed by atoms with van der Waals surface area (Å²) in [5.74, 6) is -0.603. The third-order valence-corrected chi connectivity index (χ3v) is 3.84. The number of hydrogen-bond donors (Lipinski definition) is 0. The number of rotatable bonds is 4. The van der Waals surface area contributed by atoms with Crippen LogP contribution in [0.25, 0.3) is 22.4 Å². The Kier molecular flexibility index (Phi) is 5.30. The van der Waals surface area contributed by atoms with Crippen molar-refractivity contribution >= 4 is 5.91 Å². The number of halogens is 3. The minimum absolute atomic E-state index is 0.0358. The van der Waals surface area contributed by atoms with Crippen molar-refractivity contribution in [2.45, 2.75) is 6.36 Å². The van der Waals surface area contributed by atoms with Crippen LogP contribution in [0.1, 0.15) is 10.6 Å². The highest BCUT2D eigenvalue weighted by Crippen LogP contribution is 2.35. The predicted octanol–water partition coefficient (Wildman–Crippen LogP) is 4.41. The second-order valence-electron chi connectivity index (χ2n) is 6.09. The quantitative estimate of drug-likeness (QED) is 0.665.